The zero-order valence-corrected chi connectivity index (χ0v) is 15.6. The number of carbonyl (C=O) groups excluding carboxylic acids is 1. The molecule has 0 aliphatic rings. The molecule has 0 saturated carbocycles. The molecule has 2 aromatic carbocycles. The molecule has 0 fully saturated rings. The van der Waals surface area contributed by atoms with Gasteiger partial charge in [0.1, 0.15) is 12.0 Å². The van der Waals surface area contributed by atoms with Crippen molar-refractivity contribution in [2.75, 3.05) is 0 Å². The molecule has 0 bridgehead atoms. The summed E-state index contributed by atoms with van der Waals surface area (Å²) in [4.78, 5) is 11.2. The Kier molecular flexibility index (Phi) is 6.02. The van der Waals surface area contributed by atoms with Crippen LogP contribution >= 0.6 is 0 Å². The van der Waals surface area contributed by atoms with Crippen molar-refractivity contribution in [1.29, 1.82) is 0 Å². The number of phenols is 1. The molecule has 0 radical (unpaired) electrons. The minimum absolute atomic E-state index is 0.0732. The number of carbonyl (C=O) groups is 1. The van der Waals surface area contributed by atoms with Gasteiger partial charge < -0.3 is 10.8 Å². The molecule has 3 N–H and O–H groups in total. The van der Waals surface area contributed by atoms with Crippen LogP contribution in [0.1, 0.15) is 61.5 Å². The second kappa shape index (κ2) is 7.83. The molecule has 0 aliphatic carbocycles. The van der Waals surface area contributed by atoms with Crippen LogP contribution in [-0.4, -0.2) is 16.9 Å². The average molecular weight is 339 g/mol. The number of aldehydes is 1. The number of nitrogens with two attached hydrogens (primary N) is 1. The summed E-state index contributed by atoms with van der Waals surface area (Å²) in [5.74, 6) is 0.704. The van der Waals surface area contributed by atoms with Crippen LogP contribution in [0.15, 0.2) is 48.5 Å². The minimum atomic E-state index is -0.385. The predicted octanol–water partition coefficient (Wildman–Crippen LogP) is 4.74. The van der Waals surface area contributed by atoms with Crippen molar-refractivity contribution in [2.45, 2.75) is 45.6 Å². The minimum Gasteiger partial charge on any atom is -0.508 e. The summed E-state index contributed by atoms with van der Waals surface area (Å²) in [6.45, 7) is 8.57. The number of hydrogen-bond donors (Lipinski definition) is 2. The molecular weight excluding hydrogens is 310 g/mol. The zero-order valence-electron chi connectivity index (χ0n) is 15.6. The molecule has 0 heterocycles. The molecule has 0 saturated heterocycles. The maximum atomic E-state index is 11.2. The third-order valence-electron chi connectivity index (χ3n) is 5.47. The first-order chi connectivity index (χ1) is 11.8. The third kappa shape index (κ3) is 4.10. The lowest BCUT2D eigenvalue weighted by Gasteiger charge is -2.41. The Bertz CT molecular complexity index is 699. The number of phenolic OH excluding ortho intramolecular Hbond substituents is 1. The molecule has 25 heavy (non-hydrogen) atoms. The molecule has 1 atom stereocenters. The van der Waals surface area contributed by atoms with E-state index in [0.29, 0.717) is 12.0 Å². The lowest BCUT2D eigenvalue weighted by molar-refractivity contribution is 0.112. The van der Waals surface area contributed by atoms with E-state index in [1.807, 2.05) is 18.2 Å². The summed E-state index contributed by atoms with van der Waals surface area (Å²) in [6, 6.07) is 15.1. The summed E-state index contributed by atoms with van der Waals surface area (Å²) in [6.07, 6.45) is 1.51. The van der Waals surface area contributed by atoms with Gasteiger partial charge in [0, 0.05) is 22.6 Å². The van der Waals surface area contributed by atoms with Gasteiger partial charge in [0.05, 0.1) is 0 Å². The second-order valence-electron chi connectivity index (χ2n) is 7.53. The van der Waals surface area contributed by atoms with Gasteiger partial charge in [-0.2, -0.15) is 0 Å². The molecule has 0 aliphatic heterocycles. The summed E-state index contributed by atoms with van der Waals surface area (Å²) in [5.41, 5.74) is 8.86. The molecule has 0 aromatic heterocycles. The fraction of sp³-hybridized carbons (Fsp3) is 0.409. The topological polar surface area (TPSA) is 63.3 Å². The molecular formula is C22H29NO2. The normalized spacial score (nSPS) is 13.2. The largest absolute Gasteiger partial charge is 0.508 e. The summed E-state index contributed by atoms with van der Waals surface area (Å²) < 4.78 is 0. The monoisotopic (exact) mass is 339 g/mol. The van der Waals surface area contributed by atoms with Gasteiger partial charge in [0.2, 0.25) is 0 Å². The van der Waals surface area contributed by atoms with Gasteiger partial charge in [0.25, 0.3) is 0 Å². The molecule has 2 aromatic rings. The smallest absolute Gasteiger partial charge is 0.150 e. The molecule has 0 spiro atoms. The lowest BCUT2D eigenvalue weighted by atomic mass is 9.69. The Morgan fingerprint density at radius 1 is 1.04 bits per heavy atom. The highest BCUT2D eigenvalue weighted by molar-refractivity contribution is 5.76. The first-order valence-corrected chi connectivity index (χ1v) is 8.91. The predicted molar refractivity (Wildman–Crippen MR) is 103 cm³/mol. The van der Waals surface area contributed by atoms with Crippen LogP contribution in [0, 0.1) is 11.8 Å². The van der Waals surface area contributed by atoms with Crippen LogP contribution < -0.4 is 5.73 Å². The van der Waals surface area contributed by atoms with E-state index in [0.717, 1.165) is 17.4 Å². The highest BCUT2D eigenvalue weighted by atomic mass is 16.3. The Balaban J connectivity index is 2.57. The molecule has 3 nitrogen and oxygen atoms in total. The van der Waals surface area contributed by atoms with Gasteiger partial charge in [-0.1, -0.05) is 58.0 Å². The zero-order chi connectivity index (χ0) is 18.6. The van der Waals surface area contributed by atoms with Crippen LogP contribution in [0.25, 0.3) is 0 Å². The molecule has 3 heteroatoms. The van der Waals surface area contributed by atoms with Gasteiger partial charge in [-0.05, 0) is 42.0 Å². The molecule has 2 rings (SSSR count). The van der Waals surface area contributed by atoms with Crippen molar-refractivity contribution < 1.29 is 9.90 Å². The maximum absolute atomic E-state index is 11.2. The highest BCUT2D eigenvalue weighted by Gasteiger charge is 2.36. The average Bonchev–Trinajstić information content (AvgIpc) is 2.60. The Hall–Kier alpha value is -2.13. The Morgan fingerprint density at radius 2 is 1.64 bits per heavy atom. The Labute approximate surface area is 150 Å². The summed E-state index contributed by atoms with van der Waals surface area (Å²) in [7, 11) is 0. The van der Waals surface area contributed by atoms with Crippen molar-refractivity contribution in [3.63, 3.8) is 0 Å². The number of hydrogen-bond acceptors (Lipinski definition) is 3. The second-order valence-corrected chi connectivity index (χ2v) is 7.53. The van der Waals surface area contributed by atoms with Gasteiger partial charge in [-0.3, -0.25) is 4.79 Å². The van der Waals surface area contributed by atoms with Gasteiger partial charge >= 0.3 is 0 Å². The maximum Gasteiger partial charge on any atom is 0.150 e. The van der Waals surface area contributed by atoms with Crippen LogP contribution in [0.5, 0.6) is 5.75 Å². The number of aromatic hydroxyl groups is 1. The van der Waals surface area contributed by atoms with Crippen LogP contribution in [0.2, 0.25) is 0 Å². The van der Waals surface area contributed by atoms with Gasteiger partial charge in [0.15, 0.2) is 0 Å². The fourth-order valence-electron chi connectivity index (χ4n) is 3.51. The first kappa shape index (κ1) is 19.2. The first-order valence-electron chi connectivity index (χ1n) is 8.91. The lowest BCUT2D eigenvalue weighted by Crippen LogP contribution is -2.51. The summed E-state index contributed by atoms with van der Waals surface area (Å²) >= 11 is 0. The summed E-state index contributed by atoms with van der Waals surface area (Å²) in [5, 5.41) is 10.5. The molecule has 1 unspecified atom stereocenters. The van der Waals surface area contributed by atoms with E-state index in [4.69, 9.17) is 5.73 Å². The van der Waals surface area contributed by atoms with E-state index < -0.39 is 0 Å². The van der Waals surface area contributed by atoms with Crippen molar-refractivity contribution in [1.82, 2.24) is 0 Å². The van der Waals surface area contributed by atoms with E-state index in [1.165, 1.54) is 0 Å². The van der Waals surface area contributed by atoms with E-state index in [2.05, 4.69) is 39.8 Å². The van der Waals surface area contributed by atoms with Crippen LogP contribution in [0.3, 0.4) is 0 Å². The van der Waals surface area contributed by atoms with Gasteiger partial charge in [-0.15, -0.1) is 0 Å². The van der Waals surface area contributed by atoms with Crippen molar-refractivity contribution >= 4 is 6.29 Å². The van der Waals surface area contributed by atoms with E-state index in [1.54, 1.807) is 18.2 Å². The van der Waals surface area contributed by atoms with Crippen LogP contribution in [0.4, 0.5) is 0 Å². The van der Waals surface area contributed by atoms with Crippen LogP contribution in [-0.2, 0) is 0 Å². The Morgan fingerprint density at radius 3 is 2.16 bits per heavy atom. The number of benzene rings is 2. The van der Waals surface area contributed by atoms with E-state index in [-0.39, 0.29) is 29.0 Å². The molecule has 0 amide bonds. The van der Waals surface area contributed by atoms with E-state index in [9.17, 15) is 9.90 Å². The van der Waals surface area contributed by atoms with Crippen molar-refractivity contribution in [2.24, 2.45) is 17.6 Å². The standard InChI is InChI=1S/C22H29NO2/c1-15(2)22(23,16(3)4)13-20(18-8-6-5-7-9-18)19-12-17(14-24)10-11-21(19)25/h5-12,14-16,20,25H,13,23H2,1-4H3. The van der Waals surface area contributed by atoms with Gasteiger partial charge in [-0.25, -0.2) is 0 Å². The van der Waals surface area contributed by atoms with E-state index >= 15 is 0 Å². The third-order valence-corrected chi connectivity index (χ3v) is 5.47. The van der Waals surface area contributed by atoms with Crippen molar-refractivity contribution in [3.05, 3.63) is 65.2 Å². The quantitative estimate of drug-likeness (QED) is 0.716. The highest BCUT2D eigenvalue weighted by Crippen LogP contribution is 2.41. The SMILES string of the molecule is CC(C)C(N)(CC(c1ccccc1)c1cc(C=O)ccc1O)C(C)C. The fourth-order valence-corrected chi connectivity index (χ4v) is 3.51. The molecule has 134 valence electrons. The van der Waals surface area contributed by atoms with Crippen molar-refractivity contribution in [3.8, 4) is 5.75 Å². The number of rotatable bonds is 7.